The van der Waals surface area contributed by atoms with Gasteiger partial charge in [-0.2, -0.15) is 0 Å². The Labute approximate surface area is 438 Å². The molecular formula is C63H35B7N2S. The second kappa shape index (κ2) is 17.5. The van der Waals surface area contributed by atoms with E-state index in [2.05, 4.69) is 204 Å². The SMILES string of the molecule is [B]c1c([B])c([B])c2c(C3(c4cccc5c4sc4ccccc45)c4ccc(N(c5ccccc5)c5ccccc5)cc4-c4cc(N(c5ccccc5)c5ccc6ccccc6c5)ccc43)c([B])c([B])c([B])c2c1[B]. The van der Waals surface area contributed by atoms with Gasteiger partial charge in [-0.3, -0.25) is 0 Å². The number of hydrogen-bond donors (Lipinski definition) is 0. The van der Waals surface area contributed by atoms with Crippen LogP contribution in [0.15, 0.2) is 212 Å². The Morgan fingerprint density at radius 3 is 1.36 bits per heavy atom. The van der Waals surface area contributed by atoms with Crippen LogP contribution in [0.4, 0.5) is 34.1 Å². The maximum absolute atomic E-state index is 7.61. The fourth-order valence-electron chi connectivity index (χ4n) is 11.6. The van der Waals surface area contributed by atoms with Gasteiger partial charge in [0.05, 0.1) is 5.41 Å². The highest BCUT2D eigenvalue weighted by atomic mass is 32.1. The lowest BCUT2D eigenvalue weighted by atomic mass is 9.54. The van der Waals surface area contributed by atoms with E-state index < -0.39 is 5.41 Å². The van der Waals surface area contributed by atoms with E-state index in [1.165, 1.54) is 0 Å². The number of para-hydroxylation sites is 3. The van der Waals surface area contributed by atoms with Gasteiger partial charge in [0.2, 0.25) is 0 Å². The molecule has 1 aromatic heterocycles. The first-order chi connectivity index (χ1) is 35.6. The second-order valence-electron chi connectivity index (χ2n) is 18.7. The van der Waals surface area contributed by atoms with Gasteiger partial charge in [0, 0.05) is 54.3 Å². The normalized spacial score (nSPS) is 13.9. The number of benzene rings is 11. The third kappa shape index (κ3) is 6.80. The molecular weight excluding hydrogens is 892 g/mol. The van der Waals surface area contributed by atoms with Gasteiger partial charge >= 0.3 is 0 Å². The molecule has 2 nitrogen and oxygen atoms in total. The van der Waals surface area contributed by atoms with Crippen LogP contribution in [-0.4, -0.2) is 54.9 Å². The molecule has 1 aliphatic carbocycles. The number of thiophene rings is 1. The molecule has 73 heavy (non-hydrogen) atoms. The molecule has 0 bridgehead atoms. The van der Waals surface area contributed by atoms with Crippen LogP contribution < -0.4 is 48.0 Å². The summed E-state index contributed by atoms with van der Waals surface area (Å²) in [4.78, 5) is 4.60. The molecule has 1 atom stereocenters. The van der Waals surface area contributed by atoms with Crippen molar-refractivity contribution in [3.8, 4) is 11.1 Å². The predicted molar refractivity (Wildman–Crippen MR) is 319 cm³/mol. The molecule has 0 N–H and O–H groups in total. The van der Waals surface area contributed by atoms with Gasteiger partial charge in [0.15, 0.2) is 0 Å². The van der Waals surface area contributed by atoms with Crippen LogP contribution in [0.2, 0.25) is 0 Å². The van der Waals surface area contributed by atoms with Gasteiger partial charge in [-0.15, -0.1) is 27.7 Å². The average molecular weight is 928 g/mol. The molecule has 1 unspecified atom stereocenters. The zero-order valence-corrected chi connectivity index (χ0v) is 40.4. The Balaban J connectivity index is 1.21. The van der Waals surface area contributed by atoms with Crippen molar-refractivity contribution in [3.05, 3.63) is 235 Å². The molecule has 0 spiro atoms. The molecule has 14 radical (unpaired) electrons. The smallest absolute Gasteiger partial charge is 0.113 e. The average Bonchev–Trinajstić information content (AvgIpc) is 3.95. The van der Waals surface area contributed by atoms with Crippen LogP contribution in [-0.2, 0) is 5.41 Å². The van der Waals surface area contributed by atoms with Crippen LogP contribution in [0, 0.1) is 0 Å². The molecule has 0 fully saturated rings. The lowest BCUT2D eigenvalue weighted by molar-refractivity contribution is 0.792. The van der Waals surface area contributed by atoms with Crippen LogP contribution in [0.5, 0.6) is 0 Å². The Morgan fingerprint density at radius 2 is 0.767 bits per heavy atom. The first kappa shape index (κ1) is 45.1. The van der Waals surface area contributed by atoms with Crippen molar-refractivity contribution in [1.29, 1.82) is 0 Å². The highest BCUT2D eigenvalue weighted by molar-refractivity contribution is 7.26. The summed E-state index contributed by atoms with van der Waals surface area (Å²) in [6.07, 6.45) is 0. The lowest BCUT2D eigenvalue weighted by Crippen LogP contribution is -2.54. The Kier molecular flexibility index (Phi) is 10.8. The Hall–Kier alpha value is -7.79. The first-order valence-corrected chi connectivity index (χ1v) is 24.9. The largest absolute Gasteiger partial charge is 0.310 e. The fraction of sp³-hybridized carbons (Fsp3) is 0.0159. The van der Waals surface area contributed by atoms with E-state index in [1.54, 1.807) is 11.3 Å². The molecule has 13 rings (SSSR count). The maximum atomic E-state index is 7.61. The first-order valence-electron chi connectivity index (χ1n) is 24.1. The summed E-state index contributed by atoms with van der Waals surface area (Å²) in [5, 5.41) is 5.45. The highest BCUT2D eigenvalue weighted by Gasteiger charge is 2.50. The minimum absolute atomic E-state index is 0.130. The zero-order valence-electron chi connectivity index (χ0n) is 39.6. The monoisotopic (exact) mass is 928 g/mol. The van der Waals surface area contributed by atoms with E-state index in [9.17, 15) is 0 Å². The highest BCUT2D eigenvalue weighted by Crippen LogP contribution is 2.60. The van der Waals surface area contributed by atoms with Gasteiger partial charge in [-0.1, -0.05) is 155 Å². The van der Waals surface area contributed by atoms with Crippen molar-refractivity contribution < 1.29 is 0 Å². The topological polar surface area (TPSA) is 6.48 Å². The van der Waals surface area contributed by atoms with Gasteiger partial charge in [0.25, 0.3) is 0 Å². The summed E-state index contributed by atoms with van der Waals surface area (Å²) in [7, 11) is 49.6. The van der Waals surface area contributed by atoms with E-state index >= 15 is 0 Å². The van der Waals surface area contributed by atoms with Crippen LogP contribution in [0.1, 0.15) is 22.3 Å². The maximum Gasteiger partial charge on any atom is 0.113 e. The molecule has 1 heterocycles. The number of nitrogens with zero attached hydrogens (tertiary/aromatic N) is 2. The fourth-order valence-corrected chi connectivity index (χ4v) is 12.8. The van der Waals surface area contributed by atoms with E-state index in [0.717, 1.165) is 92.9 Å². The number of hydrogen-bond acceptors (Lipinski definition) is 3. The van der Waals surface area contributed by atoms with Crippen molar-refractivity contribution >= 4 is 180 Å². The summed E-state index contributed by atoms with van der Waals surface area (Å²) in [6.45, 7) is 0. The Morgan fingerprint density at radius 1 is 0.315 bits per heavy atom. The summed E-state index contributed by atoms with van der Waals surface area (Å²) in [6, 6.07) is 75.0. The summed E-state index contributed by atoms with van der Waals surface area (Å²) < 4.78 is 2.22. The van der Waals surface area contributed by atoms with E-state index in [4.69, 9.17) is 54.9 Å². The minimum Gasteiger partial charge on any atom is -0.310 e. The number of fused-ring (bicyclic) bond motifs is 8. The minimum atomic E-state index is -1.22. The molecule has 11 aromatic carbocycles. The molecule has 324 valence electrons. The van der Waals surface area contributed by atoms with Crippen molar-refractivity contribution in [1.82, 2.24) is 0 Å². The summed E-state index contributed by atoms with van der Waals surface area (Å²) in [5.74, 6) is 0. The molecule has 0 amide bonds. The third-order valence-corrected chi connectivity index (χ3v) is 16.1. The molecule has 0 saturated heterocycles. The van der Waals surface area contributed by atoms with Crippen LogP contribution in [0.3, 0.4) is 0 Å². The van der Waals surface area contributed by atoms with Gasteiger partial charge < -0.3 is 9.80 Å². The van der Waals surface area contributed by atoms with Crippen molar-refractivity contribution in [3.63, 3.8) is 0 Å². The van der Waals surface area contributed by atoms with Gasteiger partial charge in [-0.25, -0.2) is 0 Å². The van der Waals surface area contributed by atoms with Gasteiger partial charge in [-0.05, 0) is 134 Å². The van der Waals surface area contributed by atoms with Crippen LogP contribution >= 0.6 is 11.3 Å². The quantitative estimate of drug-likeness (QED) is 0.140. The molecule has 1 aliphatic rings. The number of rotatable bonds is 8. The van der Waals surface area contributed by atoms with Crippen molar-refractivity contribution in [2.75, 3.05) is 9.80 Å². The standard InChI is InChI=1S/C63H35B7N2S/c64-55-52-53(57(66)61(70)60(55)69)56(65)59(68)58(67)54(52)63(50-25-14-24-45-44-23-12-13-26-51(44)73-62(45)50)48-31-29-42(71(38-17-4-1-5-18-38)39-19-6-2-7-20-39)34-46(48)47-35-43(30-32-49(47)63)72(40-21-8-3-9-22-40)41-28-27-36-15-10-11-16-37(36)33-41/h1-35H. The summed E-state index contributed by atoms with van der Waals surface area (Å²) >= 11 is 1.74. The number of anilines is 6. The predicted octanol–water partition coefficient (Wildman–Crippen LogP) is 9.22. The second-order valence-corrected chi connectivity index (χ2v) is 19.8. The van der Waals surface area contributed by atoms with Crippen molar-refractivity contribution in [2.45, 2.75) is 5.41 Å². The zero-order chi connectivity index (χ0) is 49.7. The van der Waals surface area contributed by atoms with E-state index in [0.29, 0.717) is 16.3 Å². The lowest BCUT2D eigenvalue weighted by Gasteiger charge is -2.39. The van der Waals surface area contributed by atoms with Gasteiger partial charge in [0.1, 0.15) is 54.9 Å². The molecule has 0 aliphatic heterocycles. The molecule has 0 saturated carbocycles. The summed E-state index contributed by atoms with van der Waals surface area (Å²) in [5.41, 5.74) is 11.5. The molecule has 12 aromatic rings. The van der Waals surface area contributed by atoms with E-state index in [1.807, 2.05) is 18.2 Å². The Bertz CT molecular complexity index is 4150. The molecule has 10 heteroatoms. The van der Waals surface area contributed by atoms with Crippen LogP contribution in [0.25, 0.3) is 52.8 Å². The third-order valence-electron chi connectivity index (χ3n) is 14.9. The van der Waals surface area contributed by atoms with Crippen molar-refractivity contribution in [2.24, 2.45) is 0 Å². The van der Waals surface area contributed by atoms with E-state index in [-0.39, 0.29) is 38.2 Å².